The second-order valence-corrected chi connectivity index (χ2v) is 13.5. The number of carboxylic acids is 1. The Morgan fingerprint density at radius 2 is 1.78 bits per heavy atom. The van der Waals surface area contributed by atoms with E-state index in [-0.39, 0.29) is 56.0 Å². The number of hydrogen-bond acceptors (Lipinski definition) is 6. The van der Waals surface area contributed by atoms with Crippen molar-refractivity contribution in [2.45, 2.75) is 56.9 Å². The largest absolute Gasteiger partial charge is 0.508 e. The molecule has 2 aromatic carbocycles. The molecule has 41 heavy (non-hydrogen) atoms. The van der Waals surface area contributed by atoms with Crippen LogP contribution in [0.15, 0.2) is 36.4 Å². The number of ether oxygens (including phenoxy) is 1. The van der Waals surface area contributed by atoms with Gasteiger partial charge in [-0.15, -0.1) is 0 Å². The number of carboxylic acid groups (broad SMARTS) is 1. The molecule has 3 aromatic rings. The van der Waals surface area contributed by atoms with Gasteiger partial charge in [0.15, 0.2) is 0 Å². The Kier molecular flexibility index (Phi) is 6.18. The minimum atomic E-state index is -4.04. The highest BCUT2D eigenvalue weighted by molar-refractivity contribution is 7.87. The molecule has 0 radical (unpaired) electrons. The minimum absolute atomic E-state index is 0.110. The summed E-state index contributed by atoms with van der Waals surface area (Å²) in [5, 5.41) is 21.7. The summed E-state index contributed by atoms with van der Waals surface area (Å²) in [7, 11) is -4.04. The van der Waals surface area contributed by atoms with E-state index in [1.807, 2.05) is 16.7 Å². The van der Waals surface area contributed by atoms with Gasteiger partial charge in [-0.2, -0.15) is 12.7 Å². The fraction of sp³-hybridized carbons (Fsp3) is 0.467. The number of carbonyl (C=O) groups is 2. The van der Waals surface area contributed by atoms with Crippen molar-refractivity contribution in [3.63, 3.8) is 0 Å². The van der Waals surface area contributed by atoms with E-state index in [0.29, 0.717) is 6.42 Å². The van der Waals surface area contributed by atoms with E-state index in [4.69, 9.17) is 4.74 Å². The predicted octanol–water partition coefficient (Wildman–Crippen LogP) is 3.94. The lowest BCUT2D eigenvalue weighted by Gasteiger charge is -2.25. The molecule has 216 valence electrons. The summed E-state index contributed by atoms with van der Waals surface area (Å²) >= 11 is 0. The number of morpholine rings is 1. The number of phenols is 1. The van der Waals surface area contributed by atoms with Crippen molar-refractivity contribution < 1.29 is 33.0 Å². The van der Waals surface area contributed by atoms with Crippen LogP contribution in [-0.2, 0) is 26.3 Å². The second kappa shape index (κ2) is 9.57. The molecule has 2 saturated carbocycles. The predicted molar refractivity (Wildman–Crippen MR) is 151 cm³/mol. The summed E-state index contributed by atoms with van der Waals surface area (Å²) < 4.78 is 36.5. The van der Waals surface area contributed by atoms with Crippen LogP contribution in [0.4, 0.5) is 0 Å². The second-order valence-electron chi connectivity index (χ2n) is 11.9. The third-order valence-electron chi connectivity index (χ3n) is 9.52. The van der Waals surface area contributed by atoms with Crippen LogP contribution in [0.1, 0.15) is 71.8 Å². The van der Waals surface area contributed by atoms with Gasteiger partial charge in [0.1, 0.15) is 5.75 Å². The van der Waals surface area contributed by atoms with Gasteiger partial charge in [-0.05, 0) is 66.6 Å². The molecule has 1 saturated heterocycles. The van der Waals surface area contributed by atoms with Gasteiger partial charge in [-0.3, -0.25) is 9.59 Å². The third kappa shape index (κ3) is 4.24. The van der Waals surface area contributed by atoms with Crippen LogP contribution < -0.4 is 4.72 Å². The summed E-state index contributed by atoms with van der Waals surface area (Å²) in [6.07, 6.45) is 5.91. The normalized spacial score (nSPS) is 24.6. The van der Waals surface area contributed by atoms with E-state index in [2.05, 4.69) is 4.72 Å². The average Bonchev–Trinajstić information content (AvgIpc) is 3.65. The summed E-state index contributed by atoms with van der Waals surface area (Å²) in [6.45, 7) is 1.12. The zero-order chi connectivity index (χ0) is 28.5. The Bertz CT molecular complexity index is 1690. The average molecular weight is 580 g/mol. The van der Waals surface area contributed by atoms with Crippen LogP contribution in [0.25, 0.3) is 22.2 Å². The first-order chi connectivity index (χ1) is 19.7. The molecular formula is C30H33N3O7S. The maximum atomic E-state index is 13.3. The number of nitrogens with one attached hydrogen (secondary N) is 1. The Balaban J connectivity index is 1.39. The lowest BCUT2D eigenvalue weighted by molar-refractivity contribution is -0.144. The maximum absolute atomic E-state index is 13.3. The Labute approximate surface area is 238 Å². The topological polar surface area (TPSA) is 138 Å². The molecule has 1 amide bonds. The lowest BCUT2D eigenvalue weighted by Crippen LogP contribution is -2.48. The number of aromatic hydroxyl groups is 1. The monoisotopic (exact) mass is 579 g/mol. The molecule has 7 rings (SSSR count). The number of fused-ring (bicyclic) bond motifs is 7. The third-order valence-corrected chi connectivity index (χ3v) is 11.0. The molecule has 0 bridgehead atoms. The van der Waals surface area contributed by atoms with Crippen LogP contribution in [0.5, 0.6) is 5.75 Å². The fourth-order valence-corrected chi connectivity index (χ4v) is 8.44. The summed E-state index contributed by atoms with van der Waals surface area (Å²) in [4.78, 5) is 26.0. The van der Waals surface area contributed by atoms with Crippen molar-refractivity contribution in [2.75, 3.05) is 26.3 Å². The lowest BCUT2D eigenvalue weighted by atomic mass is 9.81. The molecule has 3 fully saturated rings. The van der Waals surface area contributed by atoms with Gasteiger partial charge in [-0.1, -0.05) is 25.3 Å². The van der Waals surface area contributed by atoms with Crippen molar-refractivity contribution in [3.8, 4) is 17.0 Å². The molecule has 10 nitrogen and oxygen atoms in total. The number of hydrogen-bond donors (Lipinski definition) is 3. The molecule has 4 aliphatic rings. The van der Waals surface area contributed by atoms with Gasteiger partial charge in [0.2, 0.25) is 0 Å². The van der Waals surface area contributed by atoms with Crippen molar-refractivity contribution in [1.82, 2.24) is 13.6 Å². The van der Waals surface area contributed by atoms with E-state index in [1.54, 1.807) is 24.3 Å². The number of aromatic nitrogens is 1. The highest BCUT2D eigenvalue weighted by atomic mass is 32.2. The SMILES string of the molecule is O=C(NS(=O)(=O)N1CCOCC1)c1ccc2c(C3CCCCC3)c3n(c2c1)CC1(C(=O)O)CC1c1cc(O)ccc1-3. The Hall–Kier alpha value is -3.41. The summed E-state index contributed by atoms with van der Waals surface area (Å²) in [5.41, 5.74) is 3.78. The molecule has 11 heteroatoms. The highest BCUT2D eigenvalue weighted by Gasteiger charge is 2.63. The first-order valence-corrected chi connectivity index (χ1v) is 15.8. The Morgan fingerprint density at radius 3 is 2.51 bits per heavy atom. The van der Waals surface area contributed by atoms with Crippen molar-refractivity contribution in [3.05, 3.63) is 53.1 Å². The zero-order valence-corrected chi connectivity index (χ0v) is 23.5. The quantitative estimate of drug-likeness (QED) is 0.416. The van der Waals surface area contributed by atoms with Crippen molar-refractivity contribution >= 4 is 33.0 Å². The molecule has 3 N–H and O–H groups in total. The molecule has 2 aliphatic heterocycles. The first kappa shape index (κ1) is 26.5. The van der Waals surface area contributed by atoms with Gasteiger partial charge >= 0.3 is 16.2 Å². The van der Waals surface area contributed by atoms with E-state index in [1.165, 1.54) is 10.7 Å². The summed E-state index contributed by atoms with van der Waals surface area (Å²) in [5.74, 6) is -1.44. The van der Waals surface area contributed by atoms with Crippen molar-refractivity contribution in [1.29, 1.82) is 0 Å². The number of nitrogens with zero attached hydrogens (tertiary/aromatic N) is 2. The van der Waals surface area contributed by atoms with E-state index in [9.17, 15) is 28.2 Å². The zero-order valence-electron chi connectivity index (χ0n) is 22.6. The number of amides is 1. The number of aliphatic carboxylic acids is 1. The molecule has 2 unspecified atom stereocenters. The van der Waals surface area contributed by atoms with Crippen LogP contribution in [0.2, 0.25) is 0 Å². The number of phenolic OH excluding ortho intramolecular Hbond substituents is 1. The Morgan fingerprint density at radius 1 is 1.02 bits per heavy atom. The van der Waals surface area contributed by atoms with E-state index >= 15 is 0 Å². The van der Waals surface area contributed by atoms with Crippen LogP contribution in [0, 0.1) is 5.41 Å². The molecule has 3 heterocycles. The molecule has 1 aromatic heterocycles. The van der Waals surface area contributed by atoms with E-state index < -0.39 is 27.5 Å². The van der Waals surface area contributed by atoms with E-state index in [0.717, 1.165) is 59.0 Å². The van der Waals surface area contributed by atoms with Crippen LogP contribution >= 0.6 is 0 Å². The number of rotatable bonds is 5. The smallest absolute Gasteiger partial charge is 0.312 e. The van der Waals surface area contributed by atoms with Gasteiger partial charge in [0.05, 0.1) is 24.3 Å². The molecular weight excluding hydrogens is 546 g/mol. The van der Waals surface area contributed by atoms with Crippen LogP contribution in [-0.4, -0.2) is 65.7 Å². The summed E-state index contributed by atoms with van der Waals surface area (Å²) in [6, 6.07) is 10.5. The minimum Gasteiger partial charge on any atom is -0.508 e. The number of benzene rings is 2. The van der Waals surface area contributed by atoms with Gasteiger partial charge < -0.3 is 19.5 Å². The number of carbonyl (C=O) groups excluding carboxylic acids is 1. The van der Waals surface area contributed by atoms with Crippen molar-refractivity contribution in [2.24, 2.45) is 5.41 Å². The van der Waals surface area contributed by atoms with Gasteiger partial charge in [0, 0.05) is 47.6 Å². The molecule has 0 spiro atoms. The van der Waals surface area contributed by atoms with Crippen LogP contribution in [0.3, 0.4) is 0 Å². The molecule has 2 aliphatic carbocycles. The van der Waals surface area contributed by atoms with Gasteiger partial charge in [0.25, 0.3) is 5.91 Å². The van der Waals surface area contributed by atoms with Gasteiger partial charge in [-0.25, -0.2) is 4.72 Å². The first-order valence-electron chi connectivity index (χ1n) is 14.3. The standard InChI is InChI=1S/C30H33N3O7S/c34-20-7-9-21-23(15-20)24-16-30(24,29(36)37)17-33-25-14-19(28(35)31-41(38,39)32-10-12-40-13-11-32)6-8-22(25)26(27(21)33)18-4-2-1-3-5-18/h6-9,14-15,18,24,34H,1-5,10-13,16-17H2,(H,31,35)(H,36,37). The highest BCUT2D eigenvalue weighted by Crippen LogP contribution is 2.65. The fourth-order valence-electron chi connectivity index (χ4n) is 7.33. The maximum Gasteiger partial charge on any atom is 0.312 e. The molecule has 2 atom stereocenters.